The number of rotatable bonds is 12. The molecule has 0 unspecified atom stereocenters. The van der Waals surface area contributed by atoms with E-state index in [9.17, 15) is 22.8 Å². The molecule has 0 radical (unpaired) electrons. The number of hydrogen-bond acceptors (Lipinski definition) is 8. The Balaban J connectivity index is 1.06. The molecule has 14 heteroatoms. The van der Waals surface area contributed by atoms with E-state index in [1.807, 2.05) is 42.5 Å². The topological polar surface area (TPSA) is 134 Å². The average molecular weight is 790 g/mol. The predicted molar refractivity (Wildman–Crippen MR) is 213 cm³/mol. The number of nitrogens with zero attached hydrogens (tertiary/aromatic N) is 4. The zero-order valence-electron chi connectivity index (χ0n) is 31.3. The summed E-state index contributed by atoms with van der Waals surface area (Å²) in [7, 11) is -4.08. The molecule has 12 nitrogen and oxygen atoms in total. The van der Waals surface area contributed by atoms with Crippen molar-refractivity contribution in [2.75, 3.05) is 57.4 Å². The van der Waals surface area contributed by atoms with Gasteiger partial charge in [0.2, 0.25) is 21.8 Å². The molecular weight excluding hydrogens is 738 g/mol. The second-order valence-corrected chi connectivity index (χ2v) is 17.5. The molecular formula is C41H52ClN7O5S. The molecule has 4 aliphatic rings. The van der Waals surface area contributed by atoms with Crippen LogP contribution in [0.15, 0.2) is 83.8 Å². The fourth-order valence-corrected chi connectivity index (χ4v) is 9.84. The first kappa shape index (κ1) is 39.2. The summed E-state index contributed by atoms with van der Waals surface area (Å²) in [4.78, 5) is 49.7. The summed E-state index contributed by atoms with van der Waals surface area (Å²) in [5.41, 5.74) is 1.71. The molecule has 3 amide bonds. The third-order valence-corrected chi connectivity index (χ3v) is 13.3. The van der Waals surface area contributed by atoms with Gasteiger partial charge in [-0.15, -0.1) is 0 Å². The monoisotopic (exact) mass is 789 g/mol. The van der Waals surface area contributed by atoms with Gasteiger partial charge in [0.25, 0.3) is 5.91 Å². The van der Waals surface area contributed by atoms with Crippen molar-refractivity contribution >= 4 is 45.0 Å². The maximum atomic E-state index is 14.4. The molecule has 294 valence electrons. The highest BCUT2D eigenvalue weighted by Gasteiger charge is 2.54. The molecule has 3 N–H and O–H groups in total. The predicted octanol–water partition coefficient (Wildman–Crippen LogP) is 3.75. The highest BCUT2D eigenvalue weighted by atomic mass is 35.5. The van der Waals surface area contributed by atoms with E-state index in [-0.39, 0.29) is 61.4 Å². The van der Waals surface area contributed by atoms with Crippen LogP contribution in [0, 0.1) is 0 Å². The van der Waals surface area contributed by atoms with Crippen molar-refractivity contribution < 1.29 is 22.8 Å². The molecule has 55 heavy (non-hydrogen) atoms. The number of piperidine rings is 1. The Morgan fingerprint density at radius 2 is 1.51 bits per heavy atom. The minimum Gasteiger partial charge on any atom is -0.352 e. The maximum absolute atomic E-state index is 14.4. The molecule has 0 aromatic heterocycles. The first-order valence-corrected chi connectivity index (χ1v) is 21.4. The van der Waals surface area contributed by atoms with E-state index in [1.54, 1.807) is 46.2 Å². The van der Waals surface area contributed by atoms with E-state index in [0.717, 1.165) is 75.2 Å². The van der Waals surface area contributed by atoms with Gasteiger partial charge in [-0.1, -0.05) is 73.3 Å². The molecule has 3 aromatic carbocycles. The molecule has 1 aliphatic carbocycles. The van der Waals surface area contributed by atoms with Crippen LogP contribution in [0.4, 0.5) is 5.69 Å². The Hall–Kier alpha value is -4.01. The highest BCUT2D eigenvalue weighted by molar-refractivity contribution is 7.89. The number of amides is 3. The van der Waals surface area contributed by atoms with Crippen molar-refractivity contribution in [1.29, 1.82) is 0 Å². The van der Waals surface area contributed by atoms with Gasteiger partial charge in [-0.3, -0.25) is 19.3 Å². The van der Waals surface area contributed by atoms with Crippen molar-refractivity contribution in [2.45, 2.75) is 80.4 Å². The number of hydrogen-bond donors (Lipinski definition) is 3. The smallest absolute Gasteiger partial charge is 0.250 e. The van der Waals surface area contributed by atoms with E-state index in [1.165, 1.54) is 6.42 Å². The number of piperazine rings is 1. The average Bonchev–Trinajstić information content (AvgIpc) is 3.45. The van der Waals surface area contributed by atoms with Crippen molar-refractivity contribution in [2.24, 2.45) is 0 Å². The summed E-state index contributed by atoms with van der Waals surface area (Å²) >= 11 is 6.15. The molecule has 3 aromatic rings. The highest BCUT2D eigenvalue weighted by Crippen LogP contribution is 2.39. The van der Waals surface area contributed by atoms with Gasteiger partial charge in [0.15, 0.2) is 0 Å². The van der Waals surface area contributed by atoms with Gasteiger partial charge >= 0.3 is 0 Å². The zero-order valence-corrected chi connectivity index (χ0v) is 32.9. The second kappa shape index (κ2) is 17.4. The van der Waals surface area contributed by atoms with Crippen LogP contribution in [0.1, 0.15) is 56.1 Å². The minimum absolute atomic E-state index is 0.0231. The number of carbonyl (C=O) groups is 3. The van der Waals surface area contributed by atoms with Crippen LogP contribution in [-0.4, -0.2) is 111 Å². The van der Waals surface area contributed by atoms with E-state index in [2.05, 4.69) is 25.2 Å². The molecule has 1 spiro atoms. The van der Waals surface area contributed by atoms with Gasteiger partial charge in [-0.25, -0.2) is 8.42 Å². The zero-order chi connectivity index (χ0) is 38.4. The molecule has 3 heterocycles. The fourth-order valence-electron chi connectivity index (χ4n) is 8.53. The van der Waals surface area contributed by atoms with Crippen LogP contribution in [0.3, 0.4) is 0 Å². The summed E-state index contributed by atoms with van der Waals surface area (Å²) in [6, 6.07) is 22.6. The van der Waals surface area contributed by atoms with E-state index >= 15 is 0 Å². The number of nitrogens with one attached hydrogen (secondary N) is 3. The first-order chi connectivity index (χ1) is 26.6. The van der Waals surface area contributed by atoms with Crippen molar-refractivity contribution in [3.05, 3.63) is 95.0 Å². The number of benzene rings is 3. The number of likely N-dealkylation sites (tertiary alicyclic amines) is 1. The number of sulfonamides is 1. The summed E-state index contributed by atoms with van der Waals surface area (Å²) < 4.78 is 30.5. The summed E-state index contributed by atoms with van der Waals surface area (Å²) in [6.07, 6.45) is 6.09. The van der Waals surface area contributed by atoms with Crippen molar-refractivity contribution in [3.8, 4) is 0 Å². The van der Waals surface area contributed by atoms with Crippen LogP contribution in [0.25, 0.3) is 0 Å². The standard InChI is InChI=1S/C41H52ClN7O5S/c42-33-15-11-31(12-16-33)27-37(45-55(53,54)36-17-13-32(14-18-36)28-46-25-21-43-22-26-46)39(51)47-23-19-41(20-24-47)40(52)48(30-49(41)35-9-5-2-6-10-35)29-38(50)44-34-7-3-1-4-8-34/h2,5-6,9-18,34,37,43,45H,1,3-4,7-8,19-30H2,(H,44,50)/t37-/m1/s1. The minimum atomic E-state index is -4.08. The summed E-state index contributed by atoms with van der Waals surface area (Å²) in [5.74, 6) is -0.630. The van der Waals surface area contributed by atoms with Gasteiger partial charge in [0.05, 0.1) is 11.6 Å². The van der Waals surface area contributed by atoms with Crippen LogP contribution in [0.2, 0.25) is 5.02 Å². The van der Waals surface area contributed by atoms with Crippen molar-refractivity contribution in [1.82, 2.24) is 30.1 Å². The molecule has 7 rings (SSSR count). The lowest BCUT2D eigenvalue weighted by atomic mass is 9.85. The van der Waals surface area contributed by atoms with E-state index < -0.39 is 21.6 Å². The Bertz CT molecular complexity index is 1900. The number of para-hydroxylation sites is 1. The Kier molecular flexibility index (Phi) is 12.4. The number of carbonyl (C=O) groups excluding carboxylic acids is 3. The lowest BCUT2D eigenvalue weighted by molar-refractivity contribution is -0.140. The fraction of sp³-hybridized carbons (Fsp3) is 0.488. The molecule has 1 saturated carbocycles. The molecule has 3 saturated heterocycles. The van der Waals surface area contributed by atoms with Gasteiger partial charge in [0, 0.05) is 62.6 Å². The number of halogens is 1. The van der Waals surface area contributed by atoms with Crippen LogP contribution in [-0.2, 0) is 37.4 Å². The SMILES string of the molecule is O=C(CN1CN(c2ccccc2)C2(CCN(C(=O)[C@@H](Cc3ccc(Cl)cc3)NS(=O)(=O)c3ccc(CN4CCNCC4)cc3)CC2)C1=O)NC1CCCCC1. The van der Waals surface area contributed by atoms with Gasteiger partial charge in [-0.2, -0.15) is 4.72 Å². The van der Waals surface area contributed by atoms with Gasteiger partial charge in [-0.05, 0) is 79.6 Å². The molecule has 3 aliphatic heterocycles. The molecule has 1 atom stereocenters. The Labute approximate surface area is 329 Å². The van der Waals surface area contributed by atoms with E-state index in [0.29, 0.717) is 17.9 Å². The summed E-state index contributed by atoms with van der Waals surface area (Å²) in [6.45, 7) is 5.19. The summed E-state index contributed by atoms with van der Waals surface area (Å²) in [5, 5.41) is 7.03. The van der Waals surface area contributed by atoms with Crippen LogP contribution in [0.5, 0.6) is 0 Å². The Morgan fingerprint density at radius 3 is 2.18 bits per heavy atom. The second-order valence-electron chi connectivity index (χ2n) is 15.3. The lowest BCUT2D eigenvalue weighted by Gasteiger charge is -2.44. The normalized spacial score (nSPS) is 20.2. The largest absolute Gasteiger partial charge is 0.352 e. The first-order valence-electron chi connectivity index (χ1n) is 19.6. The molecule has 0 bridgehead atoms. The van der Waals surface area contributed by atoms with Crippen LogP contribution < -0.4 is 20.3 Å². The molecule has 4 fully saturated rings. The number of anilines is 1. The third kappa shape index (κ3) is 9.35. The maximum Gasteiger partial charge on any atom is 0.250 e. The van der Waals surface area contributed by atoms with Crippen molar-refractivity contribution in [3.63, 3.8) is 0 Å². The van der Waals surface area contributed by atoms with Gasteiger partial charge < -0.3 is 25.3 Å². The van der Waals surface area contributed by atoms with Gasteiger partial charge in [0.1, 0.15) is 18.1 Å². The third-order valence-electron chi connectivity index (χ3n) is 11.6. The lowest BCUT2D eigenvalue weighted by Crippen LogP contribution is -2.59. The van der Waals surface area contributed by atoms with E-state index in [4.69, 9.17) is 11.6 Å². The quantitative estimate of drug-likeness (QED) is 0.253. The Morgan fingerprint density at radius 1 is 0.855 bits per heavy atom. The van der Waals surface area contributed by atoms with Crippen LogP contribution >= 0.6 is 11.6 Å².